The predicted octanol–water partition coefficient (Wildman–Crippen LogP) is 4.70. The molecule has 0 radical (unpaired) electrons. The van der Waals surface area contributed by atoms with Crippen LogP contribution in [0, 0.1) is 0 Å². The average Bonchev–Trinajstić information content (AvgIpc) is 3.09. The number of hydrogen-bond donors (Lipinski definition) is 2. The molecule has 29 heavy (non-hydrogen) atoms. The maximum absolute atomic E-state index is 12.1. The number of aryl methyl sites for hydroxylation is 1. The third kappa shape index (κ3) is 5.57. The summed E-state index contributed by atoms with van der Waals surface area (Å²) in [6.45, 7) is 7.04. The number of alkyl carbamates (subject to hydrolysis) is 1. The molecule has 1 atom stereocenters. The van der Waals surface area contributed by atoms with Gasteiger partial charge in [0.2, 0.25) is 5.89 Å². The van der Waals surface area contributed by atoms with Gasteiger partial charge in [-0.2, -0.15) is 0 Å². The van der Waals surface area contributed by atoms with E-state index in [1.165, 1.54) is 0 Å². The topological polar surface area (TPSA) is 84.6 Å². The summed E-state index contributed by atoms with van der Waals surface area (Å²) in [5, 5.41) is 12.6. The van der Waals surface area contributed by atoms with Gasteiger partial charge in [0.05, 0.1) is 12.1 Å². The first kappa shape index (κ1) is 20.9. The van der Waals surface area contributed by atoms with Crippen LogP contribution in [-0.4, -0.2) is 33.9 Å². The molecular weight excluding hydrogens is 368 g/mol. The molecule has 0 saturated carbocycles. The van der Waals surface area contributed by atoms with Gasteiger partial charge in [0.25, 0.3) is 0 Å². The number of amides is 1. The molecule has 3 rings (SSSR count). The van der Waals surface area contributed by atoms with E-state index in [1.54, 1.807) is 27.7 Å². The Hall–Kier alpha value is -2.86. The molecule has 0 fully saturated rings. The van der Waals surface area contributed by atoms with Crippen molar-refractivity contribution >= 4 is 17.2 Å². The van der Waals surface area contributed by atoms with Crippen molar-refractivity contribution in [1.29, 1.82) is 0 Å². The van der Waals surface area contributed by atoms with E-state index in [2.05, 4.69) is 10.3 Å². The lowest BCUT2D eigenvalue weighted by Crippen LogP contribution is -2.50. The molecule has 1 aromatic heterocycles. The monoisotopic (exact) mass is 396 g/mol. The van der Waals surface area contributed by atoms with E-state index >= 15 is 0 Å². The number of fused-ring (bicyclic) bond motifs is 1. The van der Waals surface area contributed by atoms with E-state index in [9.17, 15) is 9.90 Å². The van der Waals surface area contributed by atoms with Gasteiger partial charge < -0.3 is 19.6 Å². The summed E-state index contributed by atoms with van der Waals surface area (Å²) in [4.78, 5) is 16.7. The highest BCUT2D eigenvalue weighted by molar-refractivity contribution is 5.77. The van der Waals surface area contributed by atoms with Crippen LogP contribution in [0.2, 0.25) is 0 Å². The highest BCUT2D eigenvalue weighted by Crippen LogP contribution is 2.25. The fraction of sp³-hybridized carbons (Fsp3) is 0.391. The summed E-state index contributed by atoms with van der Waals surface area (Å²) in [5.74, 6) is 0.588. The fourth-order valence-corrected chi connectivity index (χ4v) is 2.98. The molecule has 0 saturated heterocycles. The van der Waals surface area contributed by atoms with Crippen LogP contribution in [0.4, 0.5) is 4.79 Å². The molecule has 2 N–H and O–H groups in total. The Labute approximate surface area is 170 Å². The van der Waals surface area contributed by atoms with Crippen LogP contribution in [0.15, 0.2) is 52.9 Å². The summed E-state index contributed by atoms with van der Waals surface area (Å²) >= 11 is 0. The number of oxazole rings is 1. The summed E-state index contributed by atoms with van der Waals surface area (Å²) in [5.41, 5.74) is 2.12. The molecule has 6 heteroatoms. The second kappa shape index (κ2) is 8.25. The second-order valence-corrected chi connectivity index (χ2v) is 8.53. The zero-order valence-corrected chi connectivity index (χ0v) is 17.4. The van der Waals surface area contributed by atoms with Crippen molar-refractivity contribution in [2.45, 2.75) is 51.7 Å². The number of aliphatic hydroxyl groups excluding tert-OH is 1. The number of nitrogens with zero attached hydrogens (tertiary/aromatic N) is 1. The van der Waals surface area contributed by atoms with Crippen LogP contribution >= 0.6 is 0 Å². The molecule has 0 aliphatic rings. The lowest BCUT2D eigenvalue weighted by atomic mass is 9.94. The highest BCUT2D eigenvalue weighted by Gasteiger charge is 2.28. The van der Waals surface area contributed by atoms with Gasteiger partial charge in [-0.05, 0) is 70.4 Å². The zero-order valence-electron chi connectivity index (χ0n) is 17.4. The average molecular weight is 396 g/mol. The number of aliphatic hydroxyl groups is 1. The molecular formula is C23H28N2O4. The zero-order chi connectivity index (χ0) is 21.1. The number of aromatic nitrogens is 1. The third-order valence-electron chi connectivity index (χ3n) is 4.59. The maximum Gasteiger partial charge on any atom is 0.408 e. The van der Waals surface area contributed by atoms with Crippen LogP contribution in [-0.2, 0) is 11.2 Å². The molecule has 3 aromatic rings. The Kier molecular flexibility index (Phi) is 5.94. The van der Waals surface area contributed by atoms with Gasteiger partial charge >= 0.3 is 6.09 Å². The van der Waals surface area contributed by atoms with Crippen molar-refractivity contribution in [3.63, 3.8) is 0 Å². The Morgan fingerprint density at radius 3 is 2.52 bits per heavy atom. The summed E-state index contributed by atoms with van der Waals surface area (Å²) in [7, 11) is 0. The minimum Gasteiger partial charge on any atom is -0.444 e. The number of rotatable bonds is 6. The quantitative estimate of drug-likeness (QED) is 0.631. The number of hydrogen-bond acceptors (Lipinski definition) is 5. The Morgan fingerprint density at radius 1 is 1.14 bits per heavy atom. The number of benzene rings is 2. The highest BCUT2D eigenvalue weighted by atomic mass is 16.6. The van der Waals surface area contributed by atoms with Gasteiger partial charge in [0, 0.05) is 5.56 Å². The fourth-order valence-electron chi connectivity index (χ4n) is 2.98. The predicted molar refractivity (Wildman–Crippen MR) is 113 cm³/mol. The summed E-state index contributed by atoms with van der Waals surface area (Å²) in [6, 6.07) is 15.6. The van der Waals surface area contributed by atoms with Crippen molar-refractivity contribution < 1.29 is 19.1 Å². The largest absolute Gasteiger partial charge is 0.444 e. The molecule has 0 aliphatic carbocycles. The van der Waals surface area contributed by atoms with Crippen LogP contribution in [0.3, 0.4) is 0 Å². The Balaban J connectivity index is 1.69. The van der Waals surface area contributed by atoms with Gasteiger partial charge in [-0.15, -0.1) is 0 Å². The van der Waals surface area contributed by atoms with E-state index in [1.807, 2.05) is 48.5 Å². The van der Waals surface area contributed by atoms with Gasteiger partial charge in [-0.25, -0.2) is 9.78 Å². The lowest BCUT2D eigenvalue weighted by molar-refractivity contribution is 0.0407. The van der Waals surface area contributed by atoms with Crippen molar-refractivity contribution in [2.75, 3.05) is 6.61 Å². The first-order valence-corrected chi connectivity index (χ1v) is 9.74. The smallest absolute Gasteiger partial charge is 0.408 e. The molecule has 1 amide bonds. The second-order valence-electron chi connectivity index (χ2n) is 8.53. The molecule has 2 aromatic carbocycles. The van der Waals surface area contributed by atoms with E-state index < -0.39 is 17.2 Å². The van der Waals surface area contributed by atoms with E-state index in [4.69, 9.17) is 9.15 Å². The van der Waals surface area contributed by atoms with Gasteiger partial charge in [-0.1, -0.05) is 24.3 Å². The Morgan fingerprint density at radius 2 is 1.86 bits per heavy atom. The minimum absolute atomic E-state index is 0.184. The first-order valence-electron chi connectivity index (χ1n) is 9.74. The number of carbonyl (C=O) groups excluding carboxylic acids is 1. The number of ether oxygens (including phenoxy) is 1. The normalized spacial score (nSPS) is 13.8. The number of carbonyl (C=O) groups is 1. The Bertz CT molecular complexity index is 975. The molecule has 0 spiro atoms. The maximum atomic E-state index is 12.1. The van der Waals surface area contributed by atoms with Gasteiger partial charge in [0.15, 0.2) is 5.58 Å². The molecule has 0 bridgehead atoms. The van der Waals surface area contributed by atoms with E-state index in [0.717, 1.165) is 22.2 Å². The minimum atomic E-state index is -0.781. The van der Waals surface area contributed by atoms with E-state index in [-0.39, 0.29) is 6.61 Å². The molecule has 6 nitrogen and oxygen atoms in total. The van der Waals surface area contributed by atoms with Gasteiger partial charge in [-0.3, -0.25) is 0 Å². The van der Waals surface area contributed by atoms with E-state index in [0.29, 0.717) is 18.7 Å². The third-order valence-corrected chi connectivity index (χ3v) is 4.59. The summed E-state index contributed by atoms with van der Waals surface area (Å²) in [6.07, 6.45) is 0.682. The lowest BCUT2D eigenvalue weighted by Gasteiger charge is -2.30. The van der Waals surface area contributed by atoms with Crippen molar-refractivity contribution in [2.24, 2.45) is 0 Å². The first-order chi connectivity index (χ1) is 13.7. The number of nitrogens with one attached hydrogen (secondary N) is 1. The van der Waals surface area contributed by atoms with Crippen molar-refractivity contribution in [3.05, 3.63) is 54.1 Å². The van der Waals surface area contributed by atoms with Gasteiger partial charge in [0.1, 0.15) is 11.1 Å². The van der Waals surface area contributed by atoms with Crippen LogP contribution in [0.25, 0.3) is 22.6 Å². The van der Waals surface area contributed by atoms with Crippen LogP contribution in [0.1, 0.15) is 39.7 Å². The van der Waals surface area contributed by atoms with Crippen molar-refractivity contribution in [1.82, 2.24) is 10.3 Å². The standard InChI is InChI=1S/C23H28N2O4/c1-22(2,3)29-21(27)25-23(4,15-26)13-12-16-10-11-19-18(14-16)24-20(28-19)17-8-6-5-7-9-17/h5-11,14,26H,12-13,15H2,1-4H3,(H,25,27)/t23-/m1/s1. The SMILES string of the molecule is CC(C)(C)OC(=O)N[C@@](C)(CO)CCc1ccc2oc(-c3ccccc3)nc2c1. The molecule has 0 aliphatic heterocycles. The van der Waals surface area contributed by atoms with Crippen LogP contribution in [0.5, 0.6) is 0 Å². The summed E-state index contributed by atoms with van der Waals surface area (Å²) < 4.78 is 11.2. The molecule has 154 valence electrons. The molecule has 1 heterocycles. The van der Waals surface area contributed by atoms with Crippen LogP contribution < -0.4 is 5.32 Å². The van der Waals surface area contributed by atoms with Crippen molar-refractivity contribution in [3.8, 4) is 11.5 Å². The molecule has 0 unspecified atom stereocenters.